The summed E-state index contributed by atoms with van der Waals surface area (Å²) in [7, 11) is 0. The van der Waals surface area contributed by atoms with Crippen LogP contribution in [0.1, 0.15) is 13.3 Å². The van der Waals surface area contributed by atoms with E-state index in [1.165, 1.54) is 16.7 Å². The largest absolute Gasteiger partial charge is 0.273 e. The number of carbonyl (C=O) groups excluding carboxylic acids is 1. The number of amides is 1. The van der Waals surface area contributed by atoms with Gasteiger partial charge in [-0.2, -0.15) is 0 Å². The highest BCUT2D eigenvalue weighted by atomic mass is 35.5. The van der Waals surface area contributed by atoms with Gasteiger partial charge in [0.25, 0.3) is 0 Å². The molecule has 1 unspecified atom stereocenters. The van der Waals surface area contributed by atoms with Crippen LogP contribution in [0.5, 0.6) is 0 Å². The molecular formula is C11H9Cl2NOS2. The summed E-state index contributed by atoms with van der Waals surface area (Å²) in [6.45, 7) is 1.97. The maximum atomic E-state index is 12.1. The van der Waals surface area contributed by atoms with Gasteiger partial charge in [-0.25, -0.2) is 0 Å². The quantitative estimate of drug-likeness (QED) is 0.766. The molecule has 1 atom stereocenters. The molecule has 1 aliphatic heterocycles. The van der Waals surface area contributed by atoms with Crippen molar-refractivity contribution in [2.24, 2.45) is 0 Å². The Morgan fingerprint density at radius 2 is 2.12 bits per heavy atom. The lowest BCUT2D eigenvalue weighted by Crippen LogP contribution is -2.30. The molecule has 0 saturated carbocycles. The van der Waals surface area contributed by atoms with Crippen molar-refractivity contribution in [2.75, 3.05) is 4.90 Å². The first-order valence-corrected chi connectivity index (χ1v) is 7.08. The summed E-state index contributed by atoms with van der Waals surface area (Å²) in [5.74, 6) is 0.0147. The van der Waals surface area contributed by atoms with E-state index in [9.17, 15) is 4.79 Å². The Kier molecular flexibility index (Phi) is 3.98. The Hall–Kier alpha value is -0.290. The normalized spacial score (nSPS) is 20.2. The number of thioether (sulfide) groups is 1. The number of thiocarbonyl (C=S) groups is 1. The van der Waals surface area contributed by atoms with Gasteiger partial charge in [0.05, 0.1) is 21.0 Å². The molecule has 0 aromatic heterocycles. The van der Waals surface area contributed by atoms with E-state index in [0.29, 0.717) is 20.1 Å². The van der Waals surface area contributed by atoms with Crippen molar-refractivity contribution in [2.45, 2.75) is 18.6 Å². The summed E-state index contributed by atoms with van der Waals surface area (Å²) in [5, 5.41) is 0.800. The lowest BCUT2D eigenvalue weighted by atomic mass is 10.2. The number of anilines is 1. The maximum Gasteiger partial charge on any atom is 0.246 e. The van der Waals surface area contributed by atoms with Crippen LogP contribution < -0.4 is 4.90 Å². The molecule has 1 amide bonds. The van der Waals surface area contributed by atoms with E-state index in [4.69, 9.17) is 35.4 Å². The zero-order chi connectivity index (χ0) is 12.6. The van der Waals surface area contributed by atoms with Crippen LogP contribution in [0.2, 0.25) is 10.0 Å². The molecular weight excluding hydrogens is 297 g/mol. The first kappa shape index (κ1) is 13.1. The van der Waals surface area contributed by atoms with Crippen LogP contribution in [-0.4, -0.2) is 15.5 Å². The van der Waals surface area contributed by atoms with Crippen molar-refractivity contribution in [3.05, 3.63) is 28.2 Å². The Bertz CT molecular complexity index is 492. The minimum absolute atomic E-state index is 0.0147. The fourth-order valence-corrected chi connectivity index (χ4v) is 3.33. The highest BCUT2D eigenvalue weighted by molar-refractivity contribution is 8.25. The molecule has 90 valence electrons. The highest BCUT2D eigenvalue weighted by Crippen LogP contribution is 2.35. The lowest BCUT2D eigenvalue weighted by molar-refractivity contribution is -0.116. The third kappa shape index (κ3) is 2.45. The van der Waals surface area contributed by atoms with Gasteiger partial charge in [0.2, 0.25) is 5.91 Å². The molecule has 17 heavy (non-hydrogen) atoms. The van der Waals surface area contributed by atoms with Crippen molar-refractivity contribution in [3.8, 4) is 0 Å². The molecule has 2 nitrogen and oxygen atoms in total. The molecule has 2 rings (SSSR count). The zero-order valence-electron chi connectivity index (χ0n) is 8.94. The Balaban J connectivity index is 2.36. The van der Waals surface area contributed by atoms with Crippen LogP contribution >= 0.6 is 47.2 Å². The average molecular weight is 306 g/mol. The van der Waals surface area contributed by atoms with E-state index in [-0.39, 0.29) is 11.2 Å². The Morgan fingerprint density at radius 3 is 2.65 bits per heavy atom. The molecule has 1 aromatic rings. The minimum atomic E-state index is -0.0862. The molecule has 1 aliphatic rings. The van der Waals surface area contributed by atoms with Crippen molar-refractivity contribution in [3.63, 3.8) is 0 Å². The SMILES string of the molecule is CCC1SC(=S)N(c2ccc(Cl)c(Cl)c2)C1=O. The van der Waals surface area contributed by atoms with Crippen molar-refractivity contribution >= 4 is 63.1 Å². The van der Waals surface area contributed by atoms with Gasteiger partial charge in [-0.15, -0.1) is 0 Å². The maximum absolute atomic E-state index is 12.1. The van der Waals surface area contributed by atoms with Gasteiger partial charge in [0.15, 0.2) is 0 Å². The highest BCUT2D eigenvalue weighted by Gasteiger charge is 2.36. The molecule has 0 spiro atoms. The van der Waals surface area contributed by atoms with Crippen molar-refractivity contribution in [1.82, 2.24) is 0 Å². The number of benzene rings is 1. The summed E-state index contributed by atoms with van der Waals surface area (Å²) in [5.41, 5.74) is 0.679. The first-order valence-electron chi connectivity index (χ1n) is 5.04. The van der Waals surface area contributed by atoms with Crippen molar-refractivity contribution in [1.29, 1.82) is 0 Å². The number of hydrogen-bond donors (Lipinski definition) is 0. The summed E-state index contributed by atoms with van der Waals surface area (Å²) in [6, 6.07) is 5.07. The predicted octanol–water partition coefficient (Wildman–Crippen LogP) is 4.14. The second kappa shape index (κ2) is 5.14. The van der Waals surface area contributed by atoms with E-state index < -0.39 is 0 Å². The van der Waals surface area contributed by atoms with E-state index >= 15 is 0 Å². The zero-order valence-corrected chi connectivity index (χ0v) is 12.1. The summed E-state index contributed by atoms with van der Waals surface area (Å²) in [6.07, 6.45) is 0.765. The van der Waals surface area contributed by atoms with Crippen LogP contribution in [0.15, 0.2) is 18.2 Å². The van der Waals surface area contributed by atoms with Gasteiger partial charge in [-0.05, 0) is 24.6 Å². The molecule has 1 fully saturated rings. The van der Waals surface area contributed by atoms with E-state index in [1.54, 1.807) is 18.2 Å². The molecule has 1 aromatic carbocycles. The number of carbonyl (C=O) groups is 1. The van der Waals surface area contributed by atoms with E-state index in [2.05, 4.69) is 0 Å². The fourth-order valence-electron chi connectivity index (χ4n) is 1.57. The van der Waals surface area contributed by atoms with Gasteiger partial charge in [0, 0.05) is 0 Å². The predicted molar refractivity (Wildman–Crippen MR) is 78.2 cm³/mol. The third-order valence-electron chi connectivity index (χ3n) is 2.45. The first-order chi connectivity index (χ1) is 8.04. The van der Waals surface area contributed by atoms with Gasteiger partial charge in [0.1, 0.15) is 4.32 Å². The molecule has 0 aliphatic carbocycles. The molecule has 1 saturated heterocycles. The van der Waals surface area contributed by atoms with E-state index in [0.717, 1.165) is 6.42 Å². The summed E-state index contributed by atoms with van der Waals surface area (Å²) >= 11 is 18.4. The van der Waals surface area contributed by atoms with Crippen LogP contribution in [0, 0.1) is 0 Å². The van der Waals surface area contributed by atoms with Crippen LogP contribution in [0.25, 0.3) is 0 Å². The molecule has 6 heteroatoms. The summed E-state index contributed by atoms with van der Waals surface area (Å²) in [4.78, 5) is 13.6. The Labute approximate surface area is 119 Å². The smallest absolute Gasteiger partial charge is 0.246 e. The molecule has 0 N–H and O–H groups in total. The lowest BCUT2D eigenvalue weighted by Gasteiger charge is -2.16. The molecule has 0 radical (unpaired) electrons. The van der Waals surface area contributed by atoms with E-state index in [1.807, 2.05) is 6.92 Å². The fraction of sp³-hybridized carbons (Fsp3) is 0.273. The average Bonchev–Trinajstić information content (AvgIpc) is 2.58. The Morgan fingerprint density at radius 1 is 1.41 bits per heavy atom. The standard InChI is InChI=1S/C11H9Cl2NOS2/c1-2-9-10(15)14(11(16)17-9)6-3-4-7(12)8(13)5-6/h3-5,9H,2H2,1H3. The number of rotatable bonds is 2. The molecule has 0 bridgehead atoms. The topological polar surface area (TPSA) is 20.3 Å². The van der Waals surface area contributed by atoms with Crippen LogP contribution in [0.3, 0.4) is 0 Å². The number of halogens is 2. The second-order valence-electron chi connectivity index (χ2n) is 3.55. The minimum Gasteiger partial charge on any atom is -0.273 e. The number of hydrogen-bond acceptors (Lipinski definition) is 3. The van der Waals surface area contributed by atoms with Gasteiger partial charge in [-0.3, -0.25) is 9.69 Å². The third-order valence-corrected chi connectivity index (χ3v) is 4.87. The second-order valence-corrected chi connectivity index (χ2v) is 6.20. The number of nitrogens with zero attached hydrogens (tertiary/aromatic N) is 1. The monoisotopic (exact) mass is 305 g/mol. The van der Waals surface area contributed by atoms with Gasteiger partial charge in [-0.1, -0.05) is 54.1 Å². The van der Waals surface area contributed by atoms with Crippen molar-refractivity contribution < 1.29 is 4.79 Å². The van der Waals surface area contributed by atoms with Crippen LogP contribution in [-0.2, 0) is 4.79 Å². The molecule has 1 heterocycles. The summed E-state index contributed by atoms with van der Waals surface area (Å²) < 4.78 is 0.570. The van der Waals surface area contributed by atoms with Gasteiger partial charge < -0.3 is 0 Å². The van der Waals surface area contributed by atoms with Crippen LogP contribution in [0.4, 0.5) is 5.69 Å². The van der Waals surface area contributed by atoms with Gasteiger partial charge >= 0.3 is 0 Å².